The van der Waals surface area contributed by atoms with E-state index in [9.17, 15) is 4.79 Å². The number of rotatable bonds is 6. The van der Waals surface area contributed by atoms with Gasteiger partial charge in [0.25, 0.3) is 0 Å². The maximum Gasteiger partial charge on any atom is 0.311 e. The SMILES string of the molecule is COC(=O)Cc1cc(Br)nn1CCNC(C)C. The molecule has 1 rings (SSSR count). The molecule has 96 valence electrons. The van der Waals surface area contributed by atoms with Crippen LogP contribution in [-0.4, -0.2) is 35.4 Å². The molecule has 0 aromatic carbocycles. The molecule has 5 nitrogen and oxygen atoms in total. The molecule has 0 fully saturated rings. The first-order valence-electron chi connectivity index (χ1n) is 5.55. The molecule has 0 aliphatic rings. The Bertz CT molecular complexity index is 377. The molecule has 1 aromatic rings. The van der Waals surface area contributed by atoms with Crippen molar-refractivity contribution in [1.29, 1.82) is 0 Å². The number of halogens is 1. The first-order chi connectivity index (χ1) is 8.02. The van der Waals surface area contributed by atoms with Crippen LogP contribution in [0.2, 0.25) is 0 Å². The molecule has 0 unspecified atom stereocenters. The summed E-state index contributed by atoms with van der Waals surface area (Å²) in [4.78, 5) is 11.2. The summed E-state index contributed by atoms with van der Waals surface area (Å²) in [6.45, 7) is 5.73. The first-order valence-corrected chi connectivity index (χ1v) is 6.34. The lowest BCUT2D eigenvalue weighted by molar-refractivity contribution is -0.139. The van der Waals surface area contributed by atoms with Crippen molar-refractivity contribution in [2.24, 2.45) is 0 Å². The second-order valence-corrected chi connectivity index (χ2v) is 4.86. The molecule has 0 atom stereocenters. The Labute approximate surface area is 110 Å². The fourth-order valence-electron chi connectivity index (χ4n) is 1.44. The number of methoxy groups -OCH3 is 1. The summed E-state index contributed by atoms with van der Waals surface area (Å²) in [6.07, 6.45) is 0.247. The first kappa shape index (κ1) is 14.2. The van der Waals surface area contributed by atoms with Crippen LogP contribution < -0.4 is 5.32 Å². The van der Waals surface area contributed by atoms with Crippen molar-refractivity contribution in [2.45, 2.75) is 32.9 Å². The molecule has 0 aliphatic carbocycles. The Morgan fingerprint density at radius 3 is 2.94 bits per heavy atom. The van der Waals surface area contributed by atoms with Crippen molar-refractivity contribution >= 4 is 21.9 Å². The Kier molecular flexibility index (Phi) is 5.64. The molecule has 0 amide bonds. The number of nitrogens with zero attached hydrogens (tertiary/aromatic N) is 2. The van der Waals surface area contributed by atoms with Crippen molar-refractivity contribution in [3.8, 4) is 0 Å². The molecule has 0 saturated carbocycles. The van der Waals surface area contributed by atoms with Crippen LogP contribution in [0.4, 0.5) is 0 Å². The summed E-state index contributed by atoms with van der Waals surface area (Å²) in [5, 5.41) is 7.59. The van der Waals surface area contributed by atoms with Gasteiger partial charge in [-0.3, -0.25) is 9.48 Å². The van der Waals surface area contributed by atoms with Gasteiger partial charge in [-0.05, 0) is 22.0 Å². The van der Waals surface area contributed by atoms with E-state index in [0.29, 0.717) is 6.04 Å². The Morgan fingerprint density at radius 2 is 2.35 bits per heavy atom. The number of hydrogen-bond acceptors (Lipinski definition) is 4. The molecule has 0 aliphatic heterocycles. The summed E-state index contributed by atoms with van der Waals surface area (Å²) in [7, 11) is 1.39. The zero-order valence-corrected chi connectivity index (χ0v) is 12.0. The van der Waals surface area contributed by atoms with E-state index in [0.717, 1.165) is 23.4 Å². The highest BCUT2D eigenvalue weighted by Crippen LogP contribution is 2.11. The predicted molar refractivity (Wildman–Crippen MR) is 68.8 cm³/mol. The van der Waals surface area contributed by atoms with Crippen LogP contribution >= 0.6 is 15.9 Å². The van der Waals surface area contributed by atoms with Gasteiger partial charge in [-0.2, -0.15) is 5.10 Å². The Morgan fingerprint density at radius 1 is 1.65 bits per heavy atom. The topological polar surface area (TPSA) is 56.1 Å². The Hall–Kier alpha value is -0.880. The van der Waals surface area contributed by atoms with Gasteiger partial charge in [-0.15, -0.1) is 0 Å². The largest absolute Gasteiger partial charge is 0.469 e. The lowest BCUT2D eigenvalue weighted by Crippen LogP contribution is -2.27. The number of hydrogen-bond donors (Lipinski definition) is 1. The molecule has 0 saturated heterocycles. The van der Waals surface area contributed by atoms with E-state index in [2.05, 4.69) is 44.9 Å². The molecule has 6 heteroatoms. The van der Waals surface area contributed by atoms with Gasteiger partial charge in [0.1, 0.15) is 4.60 Å². The minimum atomic E-state index is -0.254. The van der Waals surface area contributed by atoms with Gasteiger partial charge in [0.15, 0.2) is 0 Å². The standard InChI is InChI=1S/C11H18BrN3O2/c1-8(2)13-4-5-15-9(6-10(12)14-15)7-11(16)17-3/h6,8,13H,4-5,7H2,1-3H3. The molecule has 1 aromatic heterocycles. The van der Waals surface area contributed by atoms with Gasteiger partial charge in [0, 0.05) is 12.6 Å². The van der Waals surface area contributed by atoms with Crippen molar-refractivity contribution in [2.75, 3.05) is 13.7 Å². The van der Waals surface area contributed by atoms with Gasteiger partial charge < -0.3 is 10.1 Å². The third kappa shape index (κ3) is 4.87. The molecule has 1 N–H and O–H groups in total. The maximum absolute atomic E-state index is 11.2. The summed E-state index contributed by atoms with van der Waals surface area (Å²) < 4.78 is 7.20. The van der Waals surface area contributed by atoms with Crippen LogP contribution in [0.1, 0.15) is 19.5 Å². The molecular weight excluding hydrogens is 286 g/mol. The number of carbonyl (C=O) groups excluding carboxylic acids is 1. The lowest BCUT2D eigenvalue weighted by Gasteiger charge is -2.10. The third-order valence-corrected chi connectivity index (χ3v) is 2.65. The normalized spacial score (nSPS) is 10.9. The summed E-state index contributed by atoms with van der Waals surface area (Å²) in [5.41, 5.74) is 0.856. The van der Waals surface area contributed by atoms with E-state index in [1.165, 1.54) is 7.11 Å². The fourth-order valence-corrected chi connectivity index (χ4v) is 1.89. The minimum absolute atomic E-state index is 0.247. The van der Waals surface area contributed by atoms with Crippen molar-refractivity contribution < 1.29 is 9.53 Å². The van der Waals surface area contributed by atoms with Crippen LogP contribution in [0.5, 0.6) is 0 Å². The van der Waals surface area contributed by atoms with Gasteiger partial charge in [-0.1, -0.05) is 13.8 Å². The van der Waals surface area contributed by atoms with Crippen molar-refractivity contribution in [3.63, 3.8) is 0 Å². The quantitative estimate of drug-likeness (QED) is 0.806. The molecule has 0 bridgehead atoms. The van der Waals surface area contributed by atoms with E-state index < -0.39 is 0 Å². The van der Waals surface area contributed by atoms with Crippen LogP contribution in [-0.2, 0) is 22.5 Å². The second-order valence-electron chi connectivity index (χ2n) is 4.04. The van der Waals surface area contributed by atoms with Gasteiger partial charge in [0.05, 0.1) is 25.8 Å². The second kappa shape index (κ2) is 6.76. The van der Waals surface area contributed by atoms with Gasteiger partial charge in [-0.25, -0.2) is 0 Å². The maximum atomic E-state index is 11.2. The van der Waals surface area contributed by atoms with Crippen LogP contribution in [0.25, 0.3) is 0 Å². The summed E-state index contributed by atoms with van der Waals surface area (Å²) >= 11 is 3.31. The van der Waals surface area contributed by atoms with Crippen molar-refractivity contribution in [3.05, 3.63) is 16.4 Å². The van der Waals surface area contributed by atoms with Crippen LogP contribution in [0, 0.1) is 0 Å². The number of carbonyl (C=O) groups is 1. The van der Waals surface area contributed by atoms with Crippen molar-refractivity contribution in [1.82, 2.24) is 15.1 Å². The summed E-state index contributed by atoms with van der Waals surface area (Å²) in [5.74, 6) is -0.254. The highest BCUT2D eigenvalue weighted by Gasteiger charge is 2.10. The number of nitrogens with one attached hydrogen (secondary N) is 1. The number of aromatic nitrogens is 2. The third-order valence-electron chi connectivity index (χ3n) is 2.26. The Balaban J connectivity index is 2.60. The number of ether oxygens (including phenoxy) is 1. The monoisotopic (exact) mass is 303 g/mol. The van der Waals surface area contributed by atoms with Crippen LogP contribution in [0.3, 0.4) is 0 Å². The van der Waals surface area contributed by atoms with Gasteiger partial charge >= 0.3 is 5.97 Å². The highest BCUT2D eigenvalue weighted by atomic mass is 79.9. The van der Waals surface area contributed by atoms with E-state index in [4.69, 9.17) is 0 Å². The highest BCUT2D eigenvalue weighted by molar-refractivity contribution is 9.10. The average Bonchev–Trinajstić information content (AvgIpc) is 2.58. The molecule has 17 heavy (non-hydrogen) atoms. The predicted octanol–water partition coefficient (Wildman–Crippen LogP) is 1.36. The van der Waals surface area contributed by atoms with E-state index in [1.807, 2.05) is 10.7 Å². The van der Waals surface area contributed by atoms with Crippen LogP contribution in [0.15, 0.2) is 10.7 Å². The number of esters is 1. The fraction of sp³-hybridized carbons (Fsp3) is 0.636. The molecule has 0 radical (unpaired) electrons. The van der Waals surface area contributed by atoms with Gasteiger partial charge in [0.2, 0.25) is 0 Å². The zero-order chi connectivity index (χ0) is 12.8. The zero-order valence-electron chi connectivity index (χ0n) is 10.4. The lowest BCUT2D eigenvalue weighted by atomic mass is 10.3. The smallest absolute Gasteiger partial charge is 0.311 e. The van der Waals surface area contributed by atoms with E-state index in [1.54, 1.807) is 0 Å². The average molecular weight is 304 g/mol. The summed E-state index contributed by atoms with van der Waals surface area (Å²) in [6, 6.07) is 2.28. The van der Waals surface area contributed by atoms with E-state index in [-0.39, 0.29) is 12.4 Å². The minimum Gasteiger partial charge on any atom is -0.469 e. The molecule has 1 heterocycles. The molecule has 0 spiro atoms. The molecular formula is C11H18BrN3O2. The van der Waals surface area contributed by atoms with E-state index >= 15 is 0 Å².